The van der Waals surface area contributed by atoms with Crippen molar-refractivity contribution in [2.45, 2.75) is 32.2 Å². The zero-order chi connectivity index (χ0) is 11.8. The molecule has 1 heterocycles. The Bertz CT molecular complexity index is 205. The van der Waals surface area contributed by atoms with Gasteiger partial charge in [0.15, 0.2) is 0 Å². The van der Waals surface area contributed by atoms with Gasteiger partial charge in [-0.15, -0.1) is 0 Å². The van der Waals surface area contributed by atoms with Crippen LogP contribution >= 0.6 is 0 Å². The van der Waals surface area contributed by atoms with E-state index in [-0.39, 0.29) is 25.3 Å². The molecule has 0 saturated carbocycles. The SMILES string of the molecule is CCCN(C(=O)OCCO)C1CCNCC1. The summed E-state index contributed by atoms with van der Waals surface area (Å²) in [6, 6.07) is 0.285. The van der Waals surface area contributed by atoms with Crippen LogP contribution in [-0.2, 0) is 4.74 Å². The molecular weight excluding hydrogens is 208 g/mol. The maximum absolute atomic E-state index is 11.8. The first kappa shape index (κ1) is 13.3. The Kier molecular flexibility index (Phi) is 6.18. The standard InChI is InChI=1S/C11H22N2O3/c1-2-7-13(11(15)16-9-8-14)10-3-5-12-6-4-10/h10,12,14H,2-9H2,1H3. The topological polar surface area (TPSA) is 61.8 Å². The summed E-state index contributed by atoms with van der Waals surface area (Å²) in [4.78, 5) is 13.6. The van der Waals surface area contributed by atoms with Crippen LogP contribution in [0.3, 0.4) is 0 Å². The summed E-state index contributed by atoms with van der Waals surface area (Å²) in [6.45, 7) is 4.67. The Labute approximate surface area is 96.8 Å². The third kappa shape index (κ3) is 3.98. The van der Waals surface area contributed by atoms with Crippen LogP contribution in [-0.4, -0.2) is 55.0 Å². The first-order valence-corrected chi connectivity index (χ1v) is 6.04. The molecule has 1 fully saturated rings. The second-order valence-corrected chi connectivity index (χ2v) is 4.01. The quantitative estimate of drug-likeness (QED) is 0.725. The van der Waals surface area contributed by atoms with Gasteiger partial charge in [0, 0.05) is 12.6 Å². The van der Waals surface area contributed by atoms with Gasteiger partial charge < -0.3 is 20.1 Å². The molecule has 2 N–H and O–H groups in total. The van der Waals surface area contributed by atoms with Gasteiger partial charge in [-0.25, -0.2) is 4.79 Å². The molecule has 5 heteroatoms. The highest BCUT2D eigenvalue weighted by Gasteiger charge is 2.25. The van der Waals surface area contributed by atoms with Crippen molar-refractivity contribution in [3.8, 4) is 0 Å². The Morgan fingerprint density at radius 2 is 2.19 bits per heavy atom. The maximum atomic E-state index is 11.8. The molecule has 0 aliphatic carbocycles. The Morgan fingerprint density at radius 3 is 2.75 bits per heavy atom. The van der Waals surface area contributed by atoms with Crippen molar-refractivity contribution < 1.29 is 14.6 Å². The van der Waals surface area contributed by atoms with E-state index in [1.54, 1.807) is 4.90 Å². The number of carbonyl (C=O) groups excluding carboxylic acids is 1. The van der Waals surface area contributed by atoms with E-state index >= 15 is 0 Å². The summed E-state index contributed by atoms with van der Waals surface area (Å²) in [5, 5.41) is 11.9. The van der Waals surface area contributed by atoms with Crippen LogP contribution in [0.4, 0.5) is 4.79 Å². The minimum atomic E-state index is -0.289. The number of ether oxygens (including phenoxy) is 1. The number of carbonyl (C=O) groups is 1. The predicted octanol–water partition coefficient (Wildman–Crippen LogP) is 0.579. The fourth-order valence-electron chi connectivity index (χ4n) is 2.00. The van der Waals surface area contributed by atoms with Gasteiger partial charge in [-0.05, 0) is 32.4 Å². The Hall–Kier alpha value is -0.810. The fraction of sp³-hybridized carbons (Fsp3) is 0.909. The highest BCUT2D eigenvalue weighted by molar-refractivity contribution is 5.68. The molecule has 0 radical (unpaired) electrons. The van der Waals surface area contributed by atoms with E-state index in [2.05, 4.69) is 5.32 Å². The van der Waals surface area contributed by atoms with Crippen LogP contribution in [0.15, 0.2) is 0 Å². The first-order chi connectivity index (χ1) is 7.79. The van der Waals surface area contributed by atoms with Crippen LogP contribution < -0.4 is 5.32 Å². The normalized spacial score (nSPS) is 17.1. The summed E-state index contributed by atoms with van der Waals surface area (Å²) in [7, 11) is 0. The smallest absolute Gasteiger partial charge is 0.410 e. The van der Waals surface area contributed by atoms with Crippen molar-refractivity contribution in [3.05, 3.63) is 0 Å². The molecule has 5 nitrogen and oxygen atoms in total. The summed E-state index contributed by atoms with van der Waals surface area (Å²) in [5.74, 6) is 0. The molecule has 1 aliphatic rings. The van der Waals surface area contributed by atoms with Gasteiger partial charge in [0.2, 0.25) is 0 Å². The van der Waals surface area contributed by atoms with Gasteiger partial charge >= 0.3 is 6.09 Å². The number of amides is 1. The van der Waals surface area contributed by atoms with Crippen molar-refractivity contribution >= 4 is 6.09 Å². The van der Waals surface area contributed by atoms with Crippen molar-refractivity contribution in [2.75, 3.05) is 32.8 Å². The number of rotatable bonds is 5. The molecular formula is C11H22N2O3. The van der Waals surface area contributed by atoms with Crippen LogP contribution in [0.25, 0.3) is 0 Å². The van der Waals surface area contributed by atoms with Gasteiger partial charge in [-0.2, -0.15) is 0 Å². The zero-order valence-electron chi connectivity index (χ0n) is 9.95. The van der Waals surface area contributed by atoms with Gasteiger partial charge in [-0.1, -0.05) is 6.92 Å². The number of hydrogen-bond acceptors (Lipinski definition) is 4. The van der Waals surface area contributed by atoms with Gasteiger partial charge in [0.05, 0.1) is 6.61 Å². The molecule has 94 valence electrons. The summed E-state index contributed by atoms with van der Waals surface area (Å²) in [5.41, 5.74) is 0. The number of nitrogens with one attached hydrogen (secondary N) is 1. The molecule has 0 bridgehead atoms. The summed E-state index contributed by atoms with van der Waals surface area (Å²) < 4.78 is 4.98. The number of nitrogens with zero attached hydrogens (tertiary/aromatic N) is 1. The minimum absolute atomic E-state index is 0.0873. The monoisotopic (exact) mass is 230 g/mol. The van der Waals surface area contributed by atoms with E-state index in [1.807, 2.05) is 6.92 Å². The van der Waals surface area contributed by atoms with E-state index in [1.165, 1.54) is 0 Å². The highest BCUT2D eigenvalue weighted by Crippen LogP contribution is 2.13. The highest BCUT2D eigenvalue weighted by atomic mass is 16.6. The average Bonchev–Trinajstić information content (AvgIpc) is 2.34. The Balaban J connectivity index is 2.47. The molecule has 0 atom stereocenters. The predicted molar refractivity (Wildman–Crippen MR) is 61.3 cm³/mol. The average molecular weight is 230 g/mol. The molecule has 0 aromatic heterocycles. The van der Waals surface area contributed by atoms with Crippen LogP contribution in [0.5, 0.6) is 0 Å². The van der Waals surface area contributed by atoms with Crippen molar-refractivity contribution in [3.63, 3.8) is 0 Å². The molecule has 1 saturated heterocycles. The van der Waals surface area contributed by atoms with Crippen molar-refractivity contribution in [2.24, 2.45) is 0 Å². The van der Waals surface area contributed by atoms with E-state index < -0.39 is 0 Å². The van der Waals surface area contributed by atoms with Crippen LogP contribution in [0.2, 0.25) is 0 Å². The molecule has 0 aromatic carbocycles. The van der Waals surface area contributed by atoms with Crippen molar-refractivity contribution in [1.82, 2.24) is 10.2 Å². The lowest BCUT2D eigenvalue weighted by Crippen LogP contribution is -2.46. The molecule has 1 rings (SSSR count). The molecule has 0 spiro atoms. The van der Waals surface area contributed by atoms with Gasteiger partial charge in [0.25, 0.3) is 0 Å². The van der Waals surface area contributed by atoms with E-state index in [9.17, 15) is 4.79 Å². The lowest BCUT2D eigenvalue weighted by Gasteiger charge is -2.33. The van der Waals surface area contributed by atoms with E-state index in [0.717, 1.165) is 38.9 Å². The number of aliphatic hydroxyl groups excluding tert-OH is 1. The zero-order valence-corrected chi connectivity index (χ0v) is 9.95. The Morgan fingerprint density at radius 1 is 1.50 bits per heavy atom. The fourth-order valence-corrected chi connectivity index (χ4v) is 2.00. The third-order valence-electron chi connectivity index (χ3n) is 2.77. The number of hydrogen-bond donors (Lipinski definition) is 2. The lowest BCUT2D eigenvalue weighted by molar-refractivity contribution is 0.0652. The van der Waals surface area contributed by atoms with Crippen LogP contribution in [0, 0.1) is 0 Å². The number of aliphatic hydroxyl groups is 1. The summed E-state index contributed by atoms with van der Waals surface area (Å²) >= 11 is 0. The maximum Gasteiger partial charge on any atom is 0.410 e. The lowest BCUT2D eigenvalue weighted by atomic mass is 10.1. The third-order valence-corrected chi connectivity index (χ3v) is 2.77. The largest absolute Gasteiger partial charge is 0.447 e. The van der Waals surface area contributed by atoms with Crippen LogP contribution in [0.1, 0.15) is 26.2 Å². The molecule has 16 heavy (non-hydrogen) atoms. The molecule has 1 amide bonds. The molecule has 0 aromatic rings. The van der Waals surface area contributed by atoms with Gasteiger partial charge in [-0.3, -0.25) is 0 Å². The van der Waals surface area contributed by atoms with E-state index in [4.69, 9.17) is 9.84 Å². The van der Waals surface area contributed by atoms with Crippen molar-refractivity contribution in [1.29, 1.82) is 0 Å². The first-order valence-electron chi connectivity index (χ1n) is 6.04. The minimum Gasteiger partial charge on any atom is -0.447 e. The van der Waals surface area contributed by atoms with Gasteiger partial charge in [0.1, 0.15) is 6.61 Å². The summed E-state index contributed by atoms with van der Waals surface area (Å²) in [6.07, 6.45) is 2.60. The second kappa shape index (κ2) is 7.46. The van der Waals surface area contributed by atoms with E-state index in [0.29, 0.717) is 0 Å². The second-order valence-electron chi connectivity index (χ2n) is 4.01. The molecule has 1 aliphatic heterocycles. The number of piperidine rings is 1. The molecule has 0 unspecified atom stereocenters.